The van der Waals surface area contributed by atoms with Gasteiger partial charge in [-0.1, -0.05) is 46.1 Å². The van der Waals surface area contributed by atoms with E-state index >= 15 is 0 Å². The molecule has 1 N–H and O–H groups in total. The summed E-state index contributed by atoms with van der Waals surface area (Å²) in [4.78, 5) is 32.4. The van der Waals surface area contributed by atoms with Crippen molar-refractivity contribution in [2.75, 3.05) is 7.11 Å². The zero-order valence-electron chi connectivity index (χ0n) is 21.4. The van der Waals surface area contributed by atoms with Gasteiger partial charge in [0.25, 0.3) is 6.47 Å². The highest BCUT2D eigenvalue weighted by molar-refractivity contribution is 5.91. The fourth-order valence-corrected chi connectivity index (χ4v) is 7.04. The van der Waals surface area contributed by atoms with E-state index in [-0.39, 0.29) is 40.7 Å². The maximum Gasteiger partial charge on any atom is 0.302 e. The molecule has 0 aromatic rings. The summed E-state index contributed by atoms with van der Waals surface area (Å²) in [6.07, 6.45) is 10.2. The predicted octanol–water partition coefficient (Wildman–Crippen LogP) is 5.02. The highest BCUT2D eigenvalue weighted by Gasteiger charge is 2.62. The number of fused-ring (bicyclic) bond motifs is 5. The van der Waals surface area contributed by atoms with Crippen molar-refractivity contribution in [3.8, 4) is 0 Å². The highest BCUT2D eigenvalue weighted by Crippen LogP contribution is 2.65. The van der Waals surface area contributed by atoms with Crippen LogP contribution in [0.4, 0.5) is 0 Å². The molecule has 0 aromatic heterocycles. The van der Waals surface area contributed by atoms with Crippen LogP contribution in [-0.4, -0.2) is 42.6 Å². The highest BCUT2D eigenvalue weighted by atomic mass is 16.5. The van der Waals surface area contributed by atoms with E-state index in [0.29, 0.717) is 31.1 Å². The Morgan fingerprint density at radius 2 is 1.82 bits per heavy atom. The summed E-state index contributed by atoms with van der Waals surface area (Å²) >= 11 is 0. The topological polar surface area (TPSA) is 89.9 Å². The molecule has 0 aromatic carbocycles. The van der Waals surface area contributed by atoms with Crippen LogP contribution in [-0.2, 0) is 23.9 Å². The molecule has 7 atom stereocenters. The van der Waals surface area contributed by atoms with Crippen molar-refractivity contribution in [1.29, 1.82) is 0 Å². The van der Waals surface area contributed by atoms with Crippen molar-refractivity contribution in [1.82, 2.24) is 0 Å². The molecule has 0 amide bonds. The van der Waals surface area contributed by atoms with Crippen LogP contribution in [0.2, 0.25) is 0 Å². The maximum absolute atomic E-state index is 11.9. The first kappa shape index (κ1) is 27.6. The summed E-state index contributed by atoms with van der Waals surface area (Å²) in [5, 5.41) is 11.2. The minimum atomic E-state index is -0.385. The van der Waals surface area contributed by atoms with Crippen LogP contribution >= 0.6 is 0 Å². The first-order chi connectivity index (χ1) is 15.6. The second-order valence-corrected chi connectivity index (χ2v) is 10.7. The van der Waals surface area contributed by atoms with E-state index in [1.165, 1.54) is 32.4 Å². The second kappa shape index (κ2) is 11.6. The summed E-state index contributed by atoms with van der Waals surface area (Å²) in [5.41, 5.74) is 1.10. The van der Waals surface area contributed by atoms with Gasteiger partial charge in [-0.15, -0.1) is 0 Å². The number of hydrogen-bond donors (Lipinski definition) is 1. The Balaban J connectivity index is 0.000000420. The molecule has 4 aliphatic rings. The Bertz CT molecular complexity index is 728. The molecule has 0 bridgehead atoms. The minimum Gasteiger partial charge on any atom is -0.471 e. The molecular formula is C27H44O6. The smallest absolute Gasteiger partial charge is 0.302 e. The van der Waals surface area contributed by atoms with Gasteiger partial charge in [-0.25, -0.2) is 0 Å². The number of ether oxygens (including phenoxy) is 2. The van der Waals surface area contributed by atoms with Crippen LogP contribution in [0.5, 0.6) is 0 Å². The summed E-state index contributed by atoms with van der Waals surface area (Å²) in [6.45, 7) is 10.7. The lowest BCUT2D eigenvalue weighted by atomic mass is 9.46. The molecule has 0 aliphatic heterocycles. The fraction of sp³-hybridized carbons (Fsp3) is 0.815. The number of carbonyl (C=O) groups is 3. The van der Waals surface area contributed by atoms with Gasteiger partial charge in [0, 0.05) is 18.8 Å². The van der Waals surface area contributed by atoms with Crippen molar-refractivity contribution >= 4 is 18.2 Å². The second-order valence-electron chi connectivity index (χ2n) is 10.7. The zero-order chi connectivity index (χ0) is 24.8. The predicted molar refractivity (Wildman–Crippen MR) is 127 cm³/mol. The first-order valence-corrected chi connectivity index (χ1v) is 12.6. The van der Waals surface area contributed by atoms with Crippen LogP contribution < -0.4 is 0 Å². The van der Waals surface area contributed by atoms with Gasteiger partial charge < -0.3 is 14.6 Å². The number of ketones is 1. The van der Waals surface area contributed by atoms with E-state index in [1.807, 2.05) is 6.08 Å². The molecule has 188 valence electrons. The Hall–Kier alpha value is -1.69. The molecule has 6 heteroatoms. The van der Waals surface area contributed by atoms with Crippen LogP contribution in [0.15, 0.2) is 11.6 Å². The molecule has 3 fully saturated rings. The lowest BCUT2D eigenvalue weighted by Gasteiger charge is -2.59. The Kier molecular flexibility index (Phi) is 9.71. The van der Waals surface area contributed by atoms with Gasteiger partial charge in [0.15, 0.2) is 5.78 Å². The lowest BCUT2D eigenvalue weighted by Crippen LogP contribution is -2.57. The van der Waals surface area contributed by atoms with Crippen molar-refractivity contribution in [3.63, 3.8) is 0 Å². The summed E-state index contributed by atoms with van der Waals surface area (Å²) in [5.74, 6) is 1.23. The number of rotatable bonds is 3. The number of allylic oxidation sites excluding steroid dienone is 1. The van der Waals surface area contributed by atoms with E-state index in [2.05, 4.69) is 32.4 Å². The molecule has 0 saturated heterocycles. The first-order valence-electron chi connectivity index (χ1n) is 12.6. The fourth-order valence-electron chi connectivity index (χ4n) is 7.04. The van der Waals surface area contributed by atoms with Crippen molar-refractivity contribution in [2.45, 2.75) is 105 Å². The molecule has 6 nitrogen and oxygen atoms in total. The van der Waals surface area contributed by atoms with E-state index in [1.54, 1.807) is 0 Å². The van der Waals surface area contributed by atoms with E-state index in [0.717, 1.165) is 32.1 Å². The number of hydrogen-bond acceptors (Lipinski definition) is 6. The van der Waals surface area contributed by atoms with Crippen molar-refractivity contribution < 1.29 is 29.0 Å². The van der Waals surface area contributed by atoms with Crippen LogP contribution in [0, 0.1) is 28.6 Å². The number of aliphatic hydroxyl groups is 1. The molecule has 4 aliphatic carbocycles. The normalized spacial score (nSPS) is 38.6. The summed E-state index contributed by atoms with van der Waals surface area (Å²) in [6, 6.07) is 0. The Labute approximate surface area is 199 Å². The van der Waals surface area contributed by atoms with E-state index in [9.17, 15) is 14.7 Å². The summed E-state index contributed by atoms with van der Waals surface area (Å²) in [7, 11) is 1.31. The zero-order valence-corrected chi connectivity index (χ0v) is 21.4. The lowest BCUT2D eigenvalue weighted by molar-refractivity contribution is -0.168. The van der Waals surface area contributed by atoms with Crippen molar-refractivity contribution in [2.24, 2.45) is 28.6 Å². The monoisotopic (exact) mass is 464 g/mol. The summed E-state index contributed by atoms with van der Waals surface area (Å²) < 4.78 is 9.51. The van der Waals surface area contributed by atoms with Gasteiger partial charge in [-0.2, -0.15) is 0 Å². The Morgan fingerprint density at radius 3 is 2.36 bits per heavy atom. The minimum absolute atomic E-state index is 0.0446. The molecule has 0 spiro atoms. The van der Waals surface area contributed by atoms with Crippen LogP contribution in [0.1, 0.15) is 92.4 Å². The molecule has 4 rings (SSSR count). The van der Waals surface area contributed by atoms with Crippen LogP contribution in [0.3, 0.4) is 0 Å². The van der Waals surface area contributed by atoms with Gasteiger partial charge >= 0.3 is 5.97 Å². The van der Waals surface area contributed by atoms with E-state index < -0.39 is 0 Å². The number of methoxy groups -OCH3 is 1. The van der Waals surface area contributed by atoms with Gasteiger partial charge in [0.05, 0.1) is 13.2 Å². The third-order valence-electron chi connectivity index (χ3n) is 8.71. The Morgan fingerprint density at radius 1 is 1.18 bits per heavy atom. The number of carbonyl (C=O) groups excluding carboxylic acids is 3. The number of esters is 1. The third kappa shape index (κ3) is 5.70. The largest absolute Gasteiger partial charge is 0.471 e. The van der Waals surface area contributed by atoms with Gasteiger partial charge in [-0.3, -0.25) is 14.4 Å². The molecule has 33 heavy (non-hydrogen) atoms. The number of unbranched alkanes of at least 4 members (excludes halogenated alkanes) is 1. The van der Waals surface area contributed by atoms with Gasteiger partial charge in [-0.05, 0) is 67.8 Å². The van der Waals surface area contributed by atoms with E-state index in [4.69, 9.17) is 9.53 Å². The molecule has 0 heterocycles. The van der Waals surface area contributed by atoms with Crippen LogP contribution in [0.25, 0.3) is 0 Å². The molecule has 3 saturated carbocycles. The maximum atomic E-state index is 11.9. The molecule has 4 unspecified atom stereocenters. The SMILES string of the molecule is CC(=O)OC1CC[C@H]2C3CCC4=CC(=O)CC[C@]4(C)C3C(O)C[C@]12C.CCCC.COC=O. The standard InChI is InChI=1S/C21H30O4.C4H10.C2H4O2/c1-12(22)25-18-7-6-16-15-5-4-13-10-14(23)8-9-20(13,2)19(15)17(24)11-21(16,18)3;1-3-4-2;1-4-2-3/h10,15-19,24H,4-9,11H2,1-3H3;3-4H2,1-2H3;2H,1H3/t15?,16-,17?,18?,19?,20-,21-;;/m0../s1. The van der Waals surface area contributed by atoms with Crippen molar-refractivity contribution in [3.05, 3.63) is 11.6 Å². The van der Waals surface area contributed by atoms with Gasteiger partial charge in [0.1, 0.15) is 6.10 Å². The molecule has 0 radical (unpaired) electrons. The molecular weight excluding hydrogens is 420 g/mol. The number of aliphatic hydroxyl groups excluding tert-OH is 1. The van der Waals surface area contributed by atoms with Gasteiger partial charge in [0.2, 0.25) is 0 Å². The third-order valence-corrected chi connectivity index (χ3v) is 8.71. The quantitative estimate of drug-likeness (QED) is 0.466. The average Bonchev–Trinajstić information content (AvgIpc) is 3.09. The average molecular weight is 465 g/mol.